The number of aromatic hydroxyl groups is 2. The van der Waals surface area contributed by atoms with Crippen molar-refractivity contribution in [2.45, 2.75) is 5.41 Å². The monoisotopic (exact) mass is 569 g/mol. The summed E-state index contributed by atoms with van der Waals surface area (Å²) >= 11 is 0. The zero-order valence-electron chi connectivity index (χ0n) is 21.2. The number of carbonyl (C=O) groups is 7. The van der Waals surface area contributed by atoms with Gasteiger partial charge in [-0.05, 0) is 35.9 Å². The molecule has 42 heavy (non-hydrogen) atoms. The number of urea groups is 2. The quantitative estimate of drug-likeness (QED) is 0.285. The summed E-state index contributed by atoms with van der Waals surface area (Å²) in [6.07, 6.45) is 0. The van der Waals surface area contributed by atoms with E-state index in [2.05, 4.69) is 5.32 Å². The second-order valence-electron chi connectivity index (χ2n) is 9.71. The summed E-state index contributed by atoms with van der Waals surface area (Å²) in [7, 11) is 0. The molecule has 3 aromatic rings. The van der Waals surface area contributed by atoms with Crippen molar-refractivity contribution in [1.82, 2.24) is 10.6 Å². The van der Waals surface area contributed by atoms with Gasteiger partial charge in [-0.25, -0.2) is 19.4 Å². The van der Waals surface area contributed by atoms with Gasteiger partial charge in [0.05, 0.1) is 11.4 Å². The number of carbonyl (C=O) groups excluding carboxylic acids is 7. The van der Waals surface area contributed by atoms with Crippen LogP contribution in [0.5, 0.6) is 11.5 Å². The second-order valence-corrected chi connectivity index (χ2v) is 9.71. The first-order valence-electron chi connectivity index (χ1n) is 12.4. The van der Waals surface area contributed by atoms with Crippen molar-refractivity contribution in [2.24, 2.45) is 11.8 Å². The first kappa shape index (κ1) is 26.2. The molecule has 210 valence electrons. The van der Waals surface area contributed by atoms with Crippen molar-refractivity contribution in [2.75, 3.05) is 15.1 Å². The van der Waals surface area contributed by atoms with Crippen LogP contribution in [0, 0.1) is 11.8 Å². The SMILES string of the molecule is O=C1NC(=O)N(c2cccc(O)c2)C(=O)C1C1(C2C(=O)NC(=O)N(c3cccc(O)c3)C2=O)C(=O)Nc2ccccc21. The number of imide groups is 4. The number of hydrogen-bond acceptors (Lipinski definition) is 9. The average molecular weight is 569 g/mol. The van der Waals surface area contributed by atoms with Crippen LogP contribution >= 0.6 is 0 Å². The third-order valence-corrected chi connectivity index (χ3v) is 7.41. The molecule has 9 amide bonds. The van der Waals surface area contributed by atoms with Gasteiger partial charge in [0.2, 0.25) is 29.5 Å². The minimum Gasteiger partial charge on any atom is -0.508 e. The molecule has 0 spiro atoms. The topological polar surface area (TPSA) is 203 Å². The number of nitrogens with one attached hydrogen (secondary N) is 3. The molecule has 0 saturated carbocycles. The Bertz CT molecular complexity index is 1670. The van der Waals surface area contributed by atoms with Gasteiger partial charge in [-0.1, -0.05) is 30.3 Å². The Labute approximate surface area is 235 Å². The number of rotatable bonds is 4. The van der Waals surface area contributed by atoms with Crippen molar-refractivity contribution in [1.29, 1.82) is 0 Å². The summed E-state index contributed by atoms with van der Waals surface area (Å²) in [5, 5.41) is 26.5. The highest BCUT2D eigenvalue weighted by atomic mass is 16.3. The molecule has 5 N–H and O–H groups in total. The van der Waals surface area contributed by atoms with Gasteiger partial charge < -0.3 is 15.5 Å². The Morgan fingerprint density at radius 2 is 1.07 bits per heavy atom. The molecule has 0 bridgehead atoms. The molecule has 2 unspecified atom stereocenters. The van der Waals surface area contributed by atoms with E-state index in [0.717, 1.165) is 12.1 Å². The van der Waals surface area contributed by atoms with Gasteiger partial charge in [-0.3, -0.25) is 34.6 Å². The molecule has 6 rings (SSSR count). The van der Waals surface area contributed by atoms with E-state index in [1.807, 2.05) is 10.6 Å². The fourth-order valence-electron chi connectivity index (χ4n) is 5.75. The van der Waals surface area contributed by atoms with E-state index in [-0.39, 0.29) is 34.1 Å². The number of phenolic OH excluding ortho intramolecular Hbond substituents is 2. The largest absolute Gasteiger partial charge is 0.508 e. The Kier molecular flexibility index (Phi) is 5.77. The van der Waals surface area contributed by atoms with E-state index >= 15 is 0 Å². The number of phenols is 2. The average Bonchev–Trinajstić information content (AvgIpc) is 3.20. The lowest BCUT2D eigenvalue weighted by molar-refractivity contribution is -0.150. The van der Waals surface area contributed by atoms with Gasteiger partial charge in [0.1, 0.15) is 28.7 Å². The zero-order chi connectivity index (χ0) is 29.9. The van der Waals surface area contributed by atoms with Crippen LogP contribution in [0.15, 0.2) is 72.8 Å². The van der Waals surface area contributed by atoms with E-state index in [0.29, 0.717) is 9.80 Å². The van der Waals surface area contributed by atoms with Crippen LogP contribution in [-0.4, -0.2) is 51.8 Å². The molecule has 2 saturated heterocycles. The molecule has 2 atom stereocenters. The minimum absolute atomic E-state index is 0.0765. The number of fused-ring (bicyclic) bond motifs is 1. The fraction of sp³-hybridized carbons (Fsp3) is 0.107. The molecule has 2 fully saturated rings. The Morgan fingerprint density at radius 3 is 1.55 bits per heavy atom. The van der Waals surface area contributed by atoms with E-state index in [9.17, 15) is 43.8 Å². The van der Waals surface area contributed by atoms with Crippen LogP contribution in [0.1, 0.15) is 5.56 Å². The van der Waals surface area contributed by atoms with E-state index in [1.165, 1.54) is 60.7 Å². The number of benzene rings is 3. The number of para-hydroxylation sites is 1. The molecular formula is C28H19N5O9. The summed E-state index contributed by atoms with van der Waals surface area (Å²) in [5.41, 5.74) is -2.90. The minimum atomic E-state index is -2.59. The van der Waals surface area contributed by atoms with Crippen molar-refractivity contribution < 1.29 is 43.8 Å². The van der Waals surface area contributed by atoms with Crippen LogP contribution in [0.4, 0.5) is 26.7 Å². The summed E-state index contributed by atoms with van der Waals surface area (Å²) in [6, 6.07) is 13.3. The fourth-order valence-corrected chi connectivity index (χ4v) is 5.75. The van der Waals surface area contributed by atoms with Crippen LogP contribution in [0.3, 0.4) is 0 Å². The number of anilines is 3. The highest BCUT2D eigenvalue weighted by Crippen LogP contribution is 2.51. The van der Waals surface area contributed by atoms with Gasteiger partial charge in [0.25, 0.3) is 0 Å². The Hall–Kier alpha value is -6.05. The highest BCUT2D eigenvalue weighted by molar-refractivity contribution is 6.35. The second kappa shape index (κ2) is 9.26. The van der Waals surface area contributed by atoms with Gasteiger partial charge >= 0.3 is 12.1 Å². The number of hydrogen-bond donors (Lipinski definition) is 5. The van der Waals surface area contributed by atoms with Crippen LogP contribution in [-0.2, 0) is 29.4 Å². The van der Waals surface area contributed by atoms with E-state index in [1.54, 1.807) is 0 Å². The molecule has 0 radical (unpaired) electrons. The number of barbiturate groups is 2. The summed E-state index contributed by atoms with van der Waals surface area (Å²) in [5.74, 6) is -11.1. The molecule has 3 aromatic carbocycles. The first-order valence-corrected chi connectivity index (χ1v) is 12.4. The maximum atomic E-state index is 14.1. The molecule has 0 aliphatic carbocycles. The smallest absolute Gasteiger partial charge is 0.335 e. The van der Waals surface area contributed by atoms with E-state index < -0.39 is 58.8 Å². The van der Waals surface area contributed by atoms with Crippen molar-refractivity contribution in [3.8, 4) is 11.5 Å². The Balaban J connectivity index is 1.58. The number of nitrogens with zero attached hydrogens (tertiary/aromatic N) is 2. The van der Waals surface area contributed by atoms with Gasteiger partial charge in [0, 0.05) is 17.8 Å². The molecular weight excluding hydrogens is 550 g/mol. The summed E-state index contributed by atoms with van der Waals surface area (Å²) in [4.78, 5) is 96.3. The lowest BCUT2D eigenvalue weighted by atomic mass is 9.60. The van der Waals surface area contributed by atoms with Crippen LogP contribution < -0.4 is 25.8 Å². The maximum Gasteiger partial charge on any atom is 0.335 e. The molecule has 14 nitrogen and oxygen atoms in total. The summed E-state index contributed by atoms with van der Waals surface area (Å²) in [6.45, 7) is 0. The third kappa shape index (κ3) is 3.62. The highest BCUT2D eigenvalue weighted by Gasteiger charge is 2.69. The molecule has 3 aliphatic heterocycles. The van der Waals surface area contributed by atoms with E-state index in [4.69, 9.17) is 0 Å². The predicted octanol–water partition coefficient (Wildman–Crippen LogP) is 1.09. The maximum absolute atomic E-state index is 14.1. The standard InChI is InChI=1S/C28H19N5O9/c34-15-7-3-5-13(11-15)32-23(38)19(21(36)30-26(32)41)28(17-9-1-2-10-18(17)29-25(28)40)20-22(37)31-27(42)33(24(20)39)14-6-4-8-16(35)12-14/h1-12,19-20,34-35H,(H,29,40)(H,30,36,41)(H,31,37,42). The van der Waals surface area contributed by atoms with Crippen molar-refractivity contribution in [3.63, 3.8) is 0 Å². The zero-order valence-corrected chi connectivity index (χ0v) is 21.2. The molecule has 3 heterocycles. The van der Waals surface area contributed by atoms with Crippen LogP contribution in [0.2, 0.25) is 0 Å². The Morgan fingerprint density at radius 1 is 0.595 bits per heavy atom. The predicted molar refractivity (Wildman–Crippen MR) is 142 cm³/mol. The van der Waals surface area contributed by atoms with Crippen molar-refractivity contribution >= 4 is 58.7 Å². The van der Waals surface area contributed by atoms with Gasteiger partial charge in [0.15, 0.2) is 0 Å². The lowest BCUT2D eigenvalue weighted by Crippen LogP contribution is -2.72. The molecule has 3 aliphatic rings. The van der Waals surface area contributed by atoms with Gasteiger partial charge in [-0.2, -0.15) is 0 Å². The van der Waals surface area contributed by atoms with Crippen LogP contribution in [0.25, 0.3) is 0 Å². The normalized spacial score (nSPS) is 23.9. The molecule has 14 heteroatoms. The number of amides is 9. The lowest BCUT2D eigenvalue weighted by Gasteiger charge is -2.44. The van der Waals surface area contributed by atoms with Gasteiger partial charge in [-0.15, -0.1) is 0 Å². The summed E-state index contributed by atoms with van der Waals surface area (Å²) < 4.78 is 0. The molecule has 0 aromatic heterocycles. The first-order chi connectivity index (χ1) is 20.0. The third-order valence-electron chi connectivity index (χ3n) is 7.41. The van der Waals surface area contributed by atoms with Crippen molar-refractivity contribution in [3.05, 3.63) is 78.4 Å².